The number of alkyl halides is 2. The Kier molecular flexibility index (Phi) is 3.87. The Bertz CT molecular complexity index is 545. The zero-order chi connectivity index (χ0) is 15.8. The Balaban J connectivity index is 2.01. The third-order valence-corrected chi connectivity index (χ3v) is 5.05. The van der Waals surface area contributed by atoms with Gasteiger partial charge in [0, 0.05) is 0 Å². The molecule has 4 heteroatoms. The van der Waals surface area contributed by atoms with E-state index in [4.69, 9.17) is 0 Å². The van der Waals surface area contributed by atoms with Crippen LogP contribution < -0.4 is 5.32 Å². The van der Waals surface area contributed by atoms with Crippen LogP contribution in [0.25, 0.3) is 0 Å². The molecule has 0 aromatic heterocycles. The van der Waals surface area contributed by atoms with E-state index >= 15 is 0 Å². The second kappa shape index (κ2) is 5.56. The van der Waals surface area contributed by atoms with E-state index in [1.54, 1.807) is 0 Å². The molecule has 1 aromatic carbocycles. The van der Waals surface area contributed by atoms with Crippen LogP contribution in [-0.2, 0) is 5.54 Å². The highest BCUT2D eigenvalue weighted by Gasteiger charge is 2.47. The molecule has 0 radical (unpaired) electrons. The lowest BCUT2D eigenvalue weighted by Crippen LogP contribution is -2.59. The van der Waals surface area contributed by atoms with Gasteiger partial charge in [0.2, 0.25) is 0 Å². The van der Waals surface area contributed by atoms with Crippen molar-refractivity contribution in [1.29, 1.82) is 0 Å². The van der Waals surface area contributed by atoms with E-state index in [2.05, 4.69) is 36.2 Å². The molecule has 2 nitrogen and oxygen atoms in total. The van der Waals surface area contributed by atoms with E-state index in [9.17, 15) is 8.78 Å². The predicted octanol–water partition coefficient (Wildman–Crippen LogP) is 4.17. The van der Waals surface area contributed by atoms with Crippen molar-refractivity contribution in [1.82, 2.24) is 10.2 Å². The van der Waals surface area contributed by atoms with Crippen LogP contribution in [0.15, 0.2) is 36.7 Å². The van der Waals surface area contributed by atoms with Crippen molar-refractivity contribution in [2.75, 3.05) is 13.1 Å². The minimum absolute atomic E-state index is 0.243. The van der Waals surface area contributed by atoms with Gasteiger partial charge < -0.3 is 10.2 Å². The van der Waals surface area contributed by atoms with Gasteiger partial charge in [-0.15, -0.1) is 0 Å². The first-order valence-corrected chi connectivity index (χ1v) is 8.08. The lowest BCUT2D eigenvalue weighted by atomic mass is 9.74. The molecule has 0 bridgehead atoms. The lowest BCUT2D eigenvalue weighted by Gasteiger charge is -2.52. The van der Waals surface area contributed by atoms with Crippen LogP contribution in [0.5, 0.6) is 0 Å². The summed E-state index contributed by atoms with van der Waals surface area (Å²) in [5.41, 5.74) is 1.98. The van der Waals surface area contributed by atoms with Gasteiger partial charge in [0.1, 0.15) is 0 Å². The number of hydrogen-bond acceptors (Lipinski definition) is 2. The zero-order valence-electron chi connectivity index (χ0n) is 13.2. The van der Waals surface area contributed by atoms with E-state index in [-0.39, 0.29) is 18.6 Å². The average molecular weight is 306 g/mol. The fourth-order valence-electron chi connectivity index (χ4n) is 3.83. The maximum absolute atomic E-state index is 14.0. The Hall–Kier alpha value is -1.58. The van der Waals surface area contributed by atoms with Crippen LogP contribution in [0.4, 0.5) is 8.78 Å². The summed E-state index contributed by atoms with van der Waals surface area (Å²) in [6.07, 6.45) is 5.14. The van der Waals surface area contributed by atoms with Crippen LogP contribution in [0, 0.1) is 6.92 Å². The van der Waals surface area contributed by atoms with Gasteiger partial charge in [-0.3, -0.25) is 0 Å². The van der Waals surface area contributed by atoms with E-state index in [1.165, 1.54) is 12.0 Å². The van der Waals surface area contributed by atoms with Crippen LogP contribution in [-0.4, -0.2) is 23.9 Å². The van der Waals surface area contributed by atoms with Gasteiger partial charge in [0.05, 0.1) is 24.4 Å². The Morgan fingerprint density at radius 1 is 1.09 bits per heavy atom. The number of rotatable bonds is 2. The number of aryl methyl sites for hydroxylation is 1. The predicted molar refractivity (Wildman–Crippen MR) is 84.7 cm³/mol. The van der Waals surface area contributed by atoms with Gasteiger partial charge in [-0.05, 0) is 25.3 Å². The van der Waals surface area contributed by atoms with Crippen molar-refractivity contribution in [3.8, 4) is 0 Å². The molecular formula is C18H24F2N2. The maximum atomic E-state index is 14.0. The highest BCUT2D eigenvalue weighted by Crippen LogP contribution is 2.45. The largest absolute Gasteiger partial charge is 0.366 e. The monoisotopic (exact) mass is 306 g/mol. The fourth-order valence-corrected chi connectivity index (χ4v) is 3.83. The second-order valence-electron chi connectivity index (χ2n) is 6.70. The van der Waals surface area contributed by atoms with Crippen molar-refractivity contribution in [2.24, 2.45) is 0 Å². The minimum Gasteiger partial charge on any atom is -0.366 e. The zero-order valence-corrected chi connectivity index (χ0v) is 13.2. The second-order valence-corrected chi connectivity index (χ2v) is 6.70. The standard InChI is InChI=1S/C18H24F2N2/c1-14-6-8-16(9-7-14)17(10-4-3-5-11-17)22-13-18(19,20)12-21-15(22)2/h6-9,21H,2-5,10-13H2,1H3. The molecule has 1 saturated heterocycles. The van der Waals surface area contributed by atoms with E-state index in [1.807, 2.05) is 11.8 Å². The molecule has 22 heavy (non-hydrogen) atoms. The smallest absolute Gasteiger partial charge is 0.282 e. The molecule has 1 aromatic rings. The van der Waals surface area contributed by atoms with E-state index in [0.717, 1.165) is 31.2 Å². The number of hydrogen-bond donors (Lipinski definition) is 1. The van der Waals surface area contributed by atoms with Crippen molar-refractivity contribution < 1.29 is 8.78 Å². The van der Waals surface area contributed by atoms with E-state index in [0.29, 0.717) is 5.82 Å². The van der Waals surface area contributed by atoms with Crippen molar-refractivity contribution in [3.63, 3.8) is 0 Å². The first-order valence-electron chi connectivity index (χ1n) is 8.08. The van der Waals surface area contributed by atoms with Gasteiger partial charge in [-0.2, -0.15) is 0 Å². The normalized spacial score (nSPS) is 24.0. The molecule has 0 unspecified atom stereocenters. The third kappa shape index (κ3) is 2.71. The Morgan fingerprint density at radius 2 is 1.73 bits per heavy atom. The van der Waals surface area contributed by atoms with Crippen molar-refractivity contribution >= 4 is 0 Å². The van der Waals surface area contributed by atoms with E-state index < -0.39 is 5.92 Å². The quantitative estimate of drug-likeness (QED) is 0.882. The molecule has 3 rings (SSSR count). The SMILES string of the molecule is C=C1NCC(F)(F)CN1C1(c2ccc(C)cc2)CCCCC1. The van der Waals surface area contributed by atoms with Gasteiger partial charge in [-0.1, -0.05) is 55.7 Å². The summed E-state index contributed by atoms with van der Waals surface area (Å²) in [4.78, 5) is 1.83. The topological polar surface area (TPSA) is 15.3 Å². The van der Waals surface area contributed by atoms with Crippen LogP contribution in [0.2, 0.25) is 0 Å². The average Bonchev–Trinajstić information content (AvgIpc) is 2.51. The summed E-state index contributed by atoms with van der Waals surface area (Å²) >= 11 is 0. The minimum atomic E-state index is -2.71. The maximum Gasteiger partial charge on any atom is 0.282 e. The summed E-state index contributed by atoms with van der Waals surface area (Å²) in [7, 11) is 0. The number of benzene rings is 1. The third-order valence-electron chi connectivity index (χ3n) is 5.05. The molecule has 120 valence electrons. The fraction of sp³-hybridized carbons (Fsp3) is 0.556. The first kappa shape index (κ1) is 15.3. The van der Waals surface area contributed by atoms with Gasteiger partial charge in [-0.25, -0.2) is 8.78 Å². The van der Waals surface area contributed by atoms with Crippen molar-refractivity contribution in [2.45, 2.75) is 50.5 Å². The molecule has 0 atom stereocenters. The summed E-state index contributed by atoms with van der Waals surface area (Å²) in [5, 5.41) is 2.81. The molecule has 1 N–H and O–H groups in total. The molecule has 1 aliphatic heterocycles. The highest BCUT2D eigenvalue weighted by atomic mass is 19.3. The highest BCUT2D eigenvalue weighted by molar-refractivity contribution is 5.30. The van der Waals surface area contributed by atoms with Gasteiger partial charge in [0.15, 0.2) is 0 Å². The van der Waals surface area contributed by atoms with Crippen LogP contribution >= 0.6 is 0 Å². The number of halogens is 2. The Labute approximate surface area is 131 Å². The molecule has 2 aliphatic rings. The molecule has 1 saturated carbocycles. The molecule has 0 amide bonds. The first-order chi connectivity index (χ1) is 10.4. The summed E-state index contributed by atoms with van der Waals surface area (Å²) in [6.45, 7) is 5.50. The molecular weight excluding hydrogens is 282 g/mol. The molecule has 1 aliphatic carbocycles. The van der Waals surface area contributed by atoms with Crippen LogP contribution in [0.3, 0.4) is 0 Å². The molecule has 1 heterocycles. The number of nitrogens with one attached hydrogen (secondary N) is 1. The summed E-state index contributed by atoms with van der Waals surface area (Å²) in [5.74, 6) is -2.08. The van der Waals surface area contributed by atoms with Crippen LogP contribution in [0.1, 0.15) is 43.2 Å². The Morgan fingerprint density at radius 3 is 2.36 bits per heavy atom. The van der Waals surface area contributed by atoms with Gasteiger partial charge in [0.25, 0.3) is 5.92 Å². The molecule has 2 fully saturated rings. The number of nitrogens with zero attached hydrogens (tertiary/aromatic N) is 1. The van der Waals surface area contributed by atoms with Crippen molar-refractivity contribution in [3.05, 3.63) is 47.8 Å². The van der Waals surface area contributed by atoms with Gasteiger partial charge >= 0.3 is 0 Å². The molecule has 0 spiro atoms. The summed E-state index contributed by atoms with van der Waals surface area (Å²) in [6, 6.07) is 8.34. The summed E-state index contributed by atoms with van der Waals surface area (Å²) < 4.78 is 28.0. The lowest BCUT2D eigenvalue weighted by molar-refractivity contribution is -0.0811.